The predicted molar refractivity (Wildman–Crippen MR) is 89.6 cm³/mol. The van der Waals surface area contributed by atoms with Crippen molar-refractivity contribution in [2.75, 3.05) is 73.4 Å². The van der Waals surface area contributed by atoms with Crippen molar-refractivity contribution in [2.45, 2.75) is 0 Å². The fourth-order valence-corrected chi connectivity index (χ4v) is 5.83. The summed E-state index contributed by atoms with van der Waals surface area (Å²) in [6.45, 7) is 9.94. The Balaban J connectivity index is 2.11. The molecule has 0 aromatic heterocycles. The average Bonchev–Trinajstić information content (AvgIpc) is 2.53. The molecular formula is C15H29N3O2P+. The van der Waals surface area contributed by atoms with E-state index in [1.807, 2.05) is 14.1 Å². The quantitative estimate of drug-likeness (QED) is 0.569. The van der Waals surface area contributed by atoms with Crippen molar-refractivity contribution in [3.8, 4) is 0 Å². The highest BCUT2D eigenvalue weighted by molar-refractivity contribution is 7.73. The minimum absolute atomic E-state index is 0.849. The maximum absolute atomic E-state index is 5.53. The van der Waals surface area contributed by atoms with Crippen LogP contribution in [0, 0.1) is 0 Å². The molecule has 2 aliphatic rings. The highest BCUT2D eigenvalue weighted by Crippen LogP contribution is 2.63. The Morgan fingerprint density at radius 3 is 1.76 bits per heavy atom. The van der Waals surface area contributed by atoms with Gasteiger partial charge >= 0.3 is 0 Å². The molecule has 0 radical (unpaired) electrons. The molecule has 5 nitrogen and oxygen atoms in total. The molecule has 2 saturated heterocycles. The van der Waals surface area contributed by atoms with Crippen LogP contribution in [0.25, 0.3) is 0 Å². The van der Waals surface area contributed by atoms with Gasteiger partial charge in [-0.15, -0.1) is 0 Å². The molecule has 2 aliphatic heterocycles. The zero-order valence-electron chi connectivity index (χ0n) is 13.6. The van der Waals surface area contributed by atoms with Gasteiger partial charge in [-0.2, -0.15) is 9.34 Å². The lowest BCUT2D eigenvalue weighted by Crippen LogP contribution is -2.44. The van der Waals surface area contributed by atoms with Gasteiger partial charge in [0.05, 0.1) is 65.1 Å². The van der Waals surface area contributed by atoms with Gasteiger partial charge in [0, 0.05) is 14.1 Å². The monoisotopic (exact) mass is 314 g/mol. The fourth-order valence-electron chi connectivity index (χ4n) is 2.72. The lowest BCUT2D eigenvalue weighted by molar-refractivity contribution is 0.0568. The summed E-state index contributed by atoms with van der Waals surface area (Å²) < 4.78 is 16.3. The molecule has 0 aliphatic carbocycles. The molecule has 0 bridgehead atoms. The third kappa shape index (κ3) is 4.76. The Morgan fingerprint density at radius 2 is 1.33 bits per heavy atom. The van der Waals surface area contributed by atoms with Crippen LogP contribution in [0.5, 0.6) is 0 Å². The molecule has 2 fully saturated rings. The van der Waals surface area contributed by atoms with E-state index in [1.54, 1.807) is 0 Å². The molecule has 2 heterocycles. The highest BCUT2D eigenvalue weighted by atomic mass is 31.2. The molecule has 0 N–H and O–H groups in total. The maximum Gasteiger partial charge on any atom is 0.175 e. The summed E-state index contributed by atoms with van der Waals surface area (Å²) in [6.07, 6.45) is 6.41. The van der Waals surface area contributed by atoms with Crippen molar-refractivity contribution in [1.82, 2.24) is 14.2 Å². The second kappa shape index (κ2) is 8.25. The fraction of sp³-hybridized carbons (Fsp3) is 0.733. The van der Waals surface area contributed by atoms with E-state index in [2.05, 4.69) is 45.1 Å². The van der Waals surface area contributed by atoms with E-state index in [0.717, 1.165) is 52.6 Å². The van der Waals surface area contributed by atoms with Crippen molar-refractivity contribution in [2.24, 2.45) is 0 Å². The van der Waals surface area contributed by atoms with E-state index in [1.165, 1.54) is 0 Å². The molecule has 21 heavy (non-hydrogen) atoms. The van der Waals surface area contributed by atoms with Gasteiger partial charge in [0.1, 0.15) is 0 Å². The molecule has 0 unspecified atom stereocenters. The predicted octanol–water partition coefficient (Wildman–Crippen LogP) is 1.72. The van der Waals surface area contributed by atoms with Crippen LogP contribution in [0.4, 0.5) is 0 Å². The standard InChI is InChI=1S/C15H29N3O2P/c1-16(2)6-4-5-15-21(3,17-7-11-19-12-8-17)18-9-13-20-14-10-18/h4-6,15H,7-14H2,1-3H3/q+1/b6-4+,15-5+. The third-order valence-electron chi connectivity index (χ3n) is 3.98. The molecule has 0 spiro atoms. The Labute approximate surface area is 129 Å². The Hall–Kier alpha value is -0.450. The van der Waals surface area contributed by atoms with Crippen LogP contribution in [-0.4, -0.2) is 87.6 Å². The molecule has 6 heteroatoms. The number of morpholine rings is 2. The minimum atomic E-state index is -1.42. The van der Waals surface area contributed by atoms with Gasteiger partial charge in [0.2, 0.25) is 0 Å². The van der Waals surface area contributed by atoms with Crippen molar-refractivity contribution < 1.29 is 9.47 Å². The van der Waals surface area contributed by atoms with Crippen LogP contribution >= 0.6 is 7.56 Å². The average molecular weight is 314 g/mol. The van der Waals surface area contributed by atoms with E-state index < -0.39 is 7.56 Å². The first-order chi connectivity index (χ1) is 10.1. The van der Waals surface area contributed by atoms with Crippen LogP contribution in [0.15, 0.2) is 24.2 Å². The van der Waals surface area contributed by atoms with Crippen LogP contribution in [0.2, 0.25) is 0 Å². The van der Waals surface area contributed by atoms with Crippen molar-refractivity contribution in [1.29, 1.82) is 0 Å². The van der Waals surface area contributed by atoms with Crippen molar-refractivity contribution in [3.05, 3.63) is 24.2 Å². The summed E-state index contributed by atoms with van der Waals surface area (Å²) in [7, 11) is 2.66. The molecule has 2 rings (SSSR count). The van der Waals surface area contributed by atoms with Gasteiger partial charge in [-0.1, -0.05) is 0 Å². The summed E-state index contributed by atoms with van der Waals surface area (Å²) in [4.78, 5) is 2.06. The van der Waals surface area contributed by atoms with Crippen LogP contribution in [0.3, 0.4) is 0 Å². The number of hydrogen-bond acceptors (Lipinski definition) is 5. The molecule has 0 aromatic rings. The first-order valence-electron chi connectivity index (χ1n) is 7.68. The first kappa shape index (κ1) is 16.9. The Morgan fingerprint density at radius 1 is 0.857 bits per heavy atom. The van der Waals surface area contributed by atoms with E-state index in [9.17, 15) is 0 Å². The second-order valence-electron chi connectivity index (χ2n) is 5.76. The topological polar surface area (TPSA) is 28.2 Å². The first-order valence-corrected chi connectivity index (χ1v) is 9.89. The van der Waals surface area contributed by atoms with Gasteiger partial charge in [0.25, 0.3) is 0 Å². The normalized spacial score (nSPS) is 23.2. The van der Waals surface area contributed by atoms with E-state index >= 15 is 0 Å². The lowest BCUT2D eigenvalue weighted by atomic mass is 10.5. The third-order valence-corrected chi connectivity index (χ3v) is 7.81. The molecular weight excluding hydrogens is 285 g/mol. The lowest BCUT2D eigenvalue weighted by Gasteiger charge is -2.41. The van der Waals surface area contributed by atoms with Gasteiger partial charge in [-0.3, -0.25) is 0 Å². The largest absolute Gasteiger partial charge is 0.383 e. The van der Waals surface area contributed by atoms with Gasteiger partial charge < -0.3 is 14.4 Å². The van der Waals surface area contributed by atoms with Crippen LogP contribution < -0.4 is 0 Å². The number of allylic oxidation sites excluding steroid dienone is 2. The zero-order chi connectivity index (χ0) is 15.1. The zero-order valence-corrected chi connectivity index (χ0v) is 14.5. The molecule has 0 saturated carbocycles. The van der Waals surface area contributed by atoms with E-state index in [0.29, 0.717) is 0 Å². The molecule has 120 valence electrons. The number of rotatable bonds is 5. The molecule has 0 atom stereocenters. The maximum atomic E-state index is 5.53. The smallest absolute Gasteiger partial charge is 0.175 e. The van der Waals surface area contributed by atoms with E-state index in [-0.39, 0.29) is 0 Å². The van der Waals surface area contributed by atoms with Crippen molar-refractivity contribution in [3.63, 3.8) is 0 Å². The molecule has 0 amide bonds. The van der Waals surface area contributed by atoms with Crippen LogP contribution in [0.1, 0.15) is 0 Å². The van der Waals surface area contributed by atoms with Gasteiger partial charge in [-0.05, 0) is 18.4 Å². The summed E-state index contributed by atoms with van der Waals surface area (Å²) >= 11 is 0. The van der Waals surface area contributed by atoms with Gasteiger partial charge in [-0.25, -0.2) is 0 Å². The summed E-state index contributed by atoms with van der Waals surface area (Å²) in [5, 5.41) is 0. The summed E-state index contributed by atoms with van der Waals surface area (Å²) in [6, 6.07) is 0. The summed E-state index contributed by atoms with van der Waals surface area (Å²) in [5.74, 6) is 2.42. The van der Waals surface area contributed by atoms with Crippen LogP contribution in [-0.2, 0) is 9.47 Å². The summed E-state index contributed by atoms with van der Waals surface area (Å²) in [5.41, 5.74) is 0. The Kier molecular flexibility index (Phi) is 6.65. The SMILES string of the molecule is CN(C)/C=C/C=C/[P+](C)(N1CCOCC1)N1CCOCC1. The van der Waals surface area contributed by atoms with Gasteiger partial charge in [0.15, 0.2) is 7.56 Å². The Bertz CT molecular complexity index is 344. The molecule has 0 aromatic carbocycles. The number of nitrogens with zero attached hydrogens (tertiary/aromatic N) is 3. The highest BCUT2D eigenvalue weighted by Gasteiger charge is 2.45. The number of ether oxygens (including phenoxy) is 2. The minimum Gasteiger partial charge on any atom is -0.383 e. The second-order valence-corrected chi connectivity index (χ2v) is 9.14. The number of hydrogen-bond donors (Lipinski definition) is 0. The van der Waals surface area contributed by atoms with Crippen molar-refractivity contribution >= 4 is 7.56 Å². The van der Waals surface area contributed by atoms with E-state index in [4.69, 9.17) is 9.47 Å².